The van der Waals surface area contributed by atoms with E-state index in [-0.39, 0.29) is 5.03 Å². The van der Waals surface area contributed by atoms with Gasteiger partial charge in [-0.25, -0.2) is 13.1 Å². The first-order valence-electron chi connectivity index (χ1n) is 7.64. The molecule has 21 heavy (non-hydrogen) atoms. The zero-order chi connectivity index (χ0) is 16.1. The van der Waals surface area contributed by atoms with Crippen LogP contribution < -0.4 is 10.0 Å². The van der Waals surface area contributed by atoms with Crippen molar-refractivity contribution in [3.63, 3.8) is 0 Å². The van der Waals surface area contributed by atoms with Crippen LogP contribution >= 0.6 is 0 Å². The molecule has 1 aromatic heterocycles. The Morgan fingerprint density at radius 1 is 1.14 bits per heavy atom. The summed E-state index contributed by atoms with van der Waals surface area (Å²) in [6.45, 7) is 11.1. The van der Waals surface area contributed by atoms with Crippen molar-refractivity contribution < 1.29 is 8.42 Å². The highest BCUT2D eigenvalue weighted by molar-refractivity contribution is 7.89. The predicted octanol–water partition coefficient (Wildman–Crippen LogP) is 2.07. The molecule has 0 saturated carbocycles. The fourth-order valence-electron chi connectivity index (χ4n) is 2.41. The molecule has 0 atom stereocenters. The van der Waals surface area contributed by atoms with Crippen molar-refractivity contribution in [2.24, 2.45) is 0 Å². The standard InChI is InChI=1S/C14H28N4O2S/c1-6-14(7-2,8-3)18-21(19,20)13-12(10-15-9-4)11(5)16-17-13/h15,18H,6-10H2,1-5H3,(H,16,17). The molecule has 122 valence electrons. The minimum Gasteiger partial charge on any atom is -0.313 e. The van der Waals surface area contributed by atoms with Crippen LogP contribution in [-0.2, 0) is 16.6 Å². The first kappa shape index (κ1) is 18.1. The van der Waals surface area contributed by atoms with E-state index in [2.05, 4.69) is 20.2 Å². The van der Waals surface area contributed by atoms with E-state index in [1.54, 1.807) is 0 Å². The lowest BCUT2D eigenvalue weighted by Crippen LogP contribution is -2.47. The number of hydrogen-bond acceptors (Lipinski definition) is 4. The zero-order valence-corrected chi connectivity index (χ0v) is 14.5. The largest absolute Gasteiger partial charge is 0.313 e. The second kappa shape index (κ2) is 7.38. The van der Waals surface area contributed by atoms with Gasteiger partial charge in [-0.15, -0.1) is 0 Å². The molecule has 0 saturated heterocycles. The van der Waals surface area contributed by atoms with E-state index >= 15 is 0 Å². The van der Waals surface area contributed by atoms with Gasteiger partial charge in [0.15, 0.2) is 5.03 Å². The Labute approximate surface area is 128 Å². The van der Waals surface area contributed by atoms with Gasteiger partial charge < -0.3 is 5.32 Å². The van der Waals surface area contributed by atoms with Crippen molar-refractivity contribution in [3.8, 4) is 0 Å². The maximum Gasteiger partial charge on any atom is 0.260 e. The van der Waals surface area contributed by atoms with Crippen molar-refractivity contribution in [3.05, 3.63) is 11.3 Å². The topological polar surface area (TPSA) is 86.9 Å². The first-order valence-corrected chi connectivity index (χ1v) is 9.12. The van der Waals surface area contributed by atoms with Crippen LogP contribution in [0.4, 0.5) is 0 Å². The summed E-state index contributed by atoms with van der Waals surface area (Å²) in [5.41, 5.74) is 1.09. The van der Waals surface area contributed by atoms with E-state index in [0.717, 1.165) is 31.5 Å². The number of H-pyrrole nitrogens is 1. The molecule has 6 nitrogen and oxygen atoms in total. The molecule has 0 spiro atoms. The first-order chi connectivity index (χ1) is 9.85. The van der Waals surface area contributed by atoms with E-state index in [0.29, 0.717) is 12.1 Å². The smallest absolute Gasteiger partial charge is 0.260 e. The van der Waals surface area contributed by atoms with Gasteiger partial charge in [0, 0.05) is 23.3 Å². The third-order valence-electron chi connectivity index (χ3n) is 4.22. The number of aromatic nitrogens is 2. The molecule has 0 aliphatic rings. The number of rotatable bonds is 9. The highest BCUT2D eigenvalue weighted by Gasteiger charge is 2.33. The Hall–Kier alpha value is -0.920. The van der Waals surface area contributed by atoms with E-state index < -0.39 is 15.6 Å². The Morgan fingerprint density at radius 3 is 2.19 bits per heavy atom. The summed E-state index contributed by atoms with van der Waals surface area (Å²) in [6, 6.07) is 0. The van der Waals surface area contributed by atoms with Crippen LogP contribution in [0.5, 0.6) is 0 Å². The van der Waals surface area contributed by atoms with E-state index in [9.17, 15) is 8.42 Å². The van der Waals surface area contributed by atoms with Crippen LogP contribution in [0, 0.1) is 6.92 Å². The summed E-state index contributed by atoms with van der Waals surface area (Å²) >= 11 is 0. The third kappa shape index (κ3) is 4.05. The molecule has 0 aliphatic carbocycles. The average Bonchev–Trinajstić information content (AvgIpc) is 2.84. The molecular weight excluding hydrogens is 288 g/mol. The number of nitrogens with one attached hydrogen (secondary N) is 3. The molecule has 0 radical (unpaired) electrons. The number of hydrogen-bond donors (Lipinski definition) is 3. The SMILES string of the molecule is CCNCc1c(S(=O)(=O)NC(CC)(CC)CC)n[nH]c1C. The van der Waals surface area contributed by atoms with Gasteiger partial charge in [-0.05, 0) is 32.7 Å². The molecule has 1 heterocycles. The summed E-state index contributed by atoms with van der Waals surface area (Å²) in [5, 5.41) is 10.1. The van der Waals surface area contributed by atoms with Crippen molar-refractivity contribution in [2.45, 2.75) is 71.0 Å². The lowest BCUT2D eigenvalue weighted by Gasteiger charge is -2.31. The van der Waals surface area contributed by atoms with Gasteiger partial charge in [-0.2, -0.15) is 5.10 Å². The third-order valence-corrected chi connectivity index (χ3v) is 5.77. The van der Waals surface area contributed by atoms with Gasteiger partial charge in [0.2, 0.25) is 0 Å². The molecule has 7 heteroatoms. The van der Waals surface area contributed by atoms with Crippen LogP contribution in [-0.4, -0.2) is 30.7 Å². The van der Waals surface area contributed by atoms with Crippen molar-refractivity contribution >= 4 is 10.0 Å². The van der Waals surface area contributed by atoms with E-state index in [1.165, 1.54) is 0 Å². The van der Waals surface area contributed by atoms with Crippen molar-refractivity contribution in [1.82, 2.24) is 20.2 Å². The maximum absolute atomic E-state index is 12.7. The molecule has 1 rings (SSSR count). The Balaban J connectivity index is 3.14. The number of aryl methyl sites for hydroxylation is 1. The highest BCUT2D eigenvalue weighted by atomic mass is 32.2. The Bertz CT molecular complexity index is 539. The Kier molecular flexibility index (Phi) is 6.37. The summed E-state index contributed by atoms with van der Waals surface area (Å²) < 4.78 is 28.3. The molecule has 0 amide bonds. The minimum atomic E-state index is -3.63. The van der Waals surface area contributed by atoms with Gasteiger partial charge in [0.05, 0.1) is 0 Å². The summed E-state index contributed by atoms with van der Waals surface area (Å²) in [6.07, 6.45) is 2.27. The van der Waals surface area contributed by atoms with E-state index in [4.69, 9.17) is 0 Å². The minimum absolute atomic E-state index is 0.112. The fraction of sp³-hybridized carbons (Fsp3) is 0.786. The average molecular weight is 316 g/mol. The summed E-state index contributed by atoms with van der Waals surface area (Å²) in [4.78, 5) is 0. The van der Waals surface area contributed by atoms with Gasteiger partial charge in [-0.3, -0.25) is 5.10 Å². The van der Waals surface area contributed by atoms with Crippen molar-refractivity contribution in [2.75, 3.05) is 6.54 Å². The molecule has 0 aromatic carbocycles. The molecule has 0 unspecified atom stereocenters. The van der Waals surface area contributed by atoms with Crippen LogP contribution in [0.15, 0.2) is 5.03 Å². The molecular formula is C14H28N4O2S. The molecule has 0 aliphatic heterocycles. The lowest BCUT2D eigenvalue weighted by molar-refractivity contribution is 0.341. The van der Waals surface area contributed by atoms with Gasteiger partial charge in [0.1, 0.15) is 0 Å². The van der Waals surface area contributed by atoms with Crippen molar-refractivity contribution in [1.29, 1.82) is 0 Å². The Morgan fingerprint density at radius 2 is 1.71 bits per heavy atom. The lowest BCUT2D eigenvalue weighted by atomic mass is 9.91. The van der Waals surface area contributed by atoms with E-state index in [1.807, 2.05) is 34.6 Å². The van der Waals surface area contributed by atoms with Crippen LogP contribution in [0.2, 0.25) is 0 Å². The van der Waals surface area contributed by atoms with Crippen LogP contribution in [0.3, 0.4) is 0 Å². The van der Waals surface area contributed by atoms with Gasteiger partial charge >= 0.3 is 0 Å². The quantitative estimate of drug-likeness (QED) is 0.651. The summed E-state index contributed by atoms with van der Waals surface area (Å²) in [7, 11) is -3.63. The number of aromatic amines is 1. The van der Waals surface area contributed by atoms with Gasteiger partial charge in [-0.1, -0.05) is 27.7 Å². The number of sulfonamides is 1. The second-order valence-electron chi connectivity index (χ2n) is 5.36. The summed E-state index contributed by atoms with van der Waals surface area (Å²) in [5.74, 6) is 0. The maximum atomic E-state index is 12.7. The fourth-order valence-corrected chi connectivity index (χ4v) is 4.23. The molecule has 0 fully saturated rings. The monoisotopic (exact) mass is 316 g/mol. The number of nitrogens with zero attached hydrogens (tertiary/aromatic N) is 1. The predicted molar refractivity (Wildman–Crippen MR) is 84.6 cm³/mol. The normalized spacial score (nSPS) is 12.8. The second-order valence-corrected chi connectivity index (χ2v) is 6.96. The molecule has 1 aromatic rings. The molecule has 3 N–H and O–H groups in total. The zero-order valence-electron chi connectivity index (χ0n) is 13.7. The van der Waals surface area contributed by atoms with Gasteiger partial charge in [0.25, 0.3) is 10.0 Å². The molecule has 0 bridgehead atoms. The van der Waals surface area contributed by atoms with Crippen LogP contribution in [0.1, 0.15) is 58.2 Å². The van der Waals surface area contributed by atoms with Crippen LogP contribution in [0.25, 0.3) is 0 Å². The highest BCUT2D eigenvalue weighted by Crippen LogP contribution is 2.24.